The number of benzene rings is 1. The average molecular weight is 534 g/mol. The van der Waals surface area contributed by atoms with E-state index in [0.717, 1.165) is 0 Å². The number of phenols is 1. The molecule has 11 nitrogen and oxygen atoms in total. The zero-order valence-corrected chi connectivity index (χ0v) is 21.8. The van der Waals surface area contributed by atoms with Crippen LogP contribution < -0.4 is 15.4 Å². The van der Waals surface area contributed by atoms with Crippen molar-refractivity contribution in [1.29, 1.82) is 0 Å². The molecule has 200 valence electrons. The third-order valence-corrected chi connectivity index (χ3v) is 9.30. The van der Waals surface area contributed by atoms with Crippen LogP contribution in [-0.2, 0) is 32.6 Å². The van der Waals surface area contributed by atoms with Gasteiger partial charge in [0.25, 0.3) is 5.91 Å². The number of primary amides is 1. The van der Waals surface area contributed by atoms with Crippen LogP contribution in [0.5, 0.6) is 5.75 Å². The van der Waals surface area contributed by atoms with E-state index in [2.05, 4.69) is 4.72 Å². The average Bonchev–Trinajstić information content (AvgIpc) is 2.77. The Morgan fingerprint density at radius 1 is 1.19 bits per heavy atom. The lowest BCUT2D eigenvalue weighted by molar-refractivity contribution is -0.126. The van der Waals surface area contributed by atoms with Crippen LogP contribution in [0.3, 0.4) is 0 Å². The van der Waals surface area contributed by atoms with E-state index >= 15 is 0 Å². The molecule has 3 aliphatic carbocycles. The van der Waals surface area contributed by atoms with E-state index in [4.69, 9.17) is 5.73 Å². The van der Waals surface area contributed by atoms with Gasteiger partial charge < -0.3 is 26.0 Å². The first-order chi connectivity index (χ1) is 17.2. The number of anilines is 1. The molecule has 0 radical (unpaired) electrons. The third-order valence-electron chi connectivity index (χ3n) is 7.51. The fourth-order valence-corrected chi connectivity index (χ4v) is 6.31. The van der Waals surface area contributed by atoms with Crippen molar-refractivity contribution in [2.45, 2.75) is 44.9 Å². The molecule has 3 unspecified atom stereocenters. The summed E-state index contributed by atoms with van der Waals surface area (Å²) in [5.41, 5.74) is 5.95. The van der Waals surface area contributed by atoms with Crippen molar-refractivity contribution in [3.05, 3.63) is 45.4 Å². The Bertz CT molecular complexity index is 1390. The minimum absolute atomic E-state index is 0.0211. The number of aromatic hydroxyl groups is 1. The minimum Gasteiger partial charge on any atom is -0.511 e. The summed E-state index contributed by atoms with van der Waals surface area (Å²) >= 11 is 0. The lowest BCUT2D eigenvalue weighted by Gasteiger charge is -2.41. The van der Waals surface area contributed by atoms with Crippen molar-refractivity contribution in [3.63, 3.8) is 0 Å². The molecule has 0 bridgehead atoms. The van der Waals surface area contributed by atoms with Gasteiger partial charge in [-0.25, -0.2) is 13.1 Å². The number of ketones is 2. The van der Waals surface area contributed by atoms with Gasteiger partial charge >= 0.3 is 0 Å². The van der Waals surface area contributed by atoms with Gasteiger partial charge in [0.15, 0.2) is 11.6 Å². The lowest BCUT2D eigenvalue weighted by Crippen LogP contribution is -2.43. The van der Waals surface area contributed by atoms with Crippen LogP contribution in [0.25, 0.3) is 0 Å². The molecular weight excluding hydrogens is 502 g/mol. The summed E-state index contributed by atoms with van der Waals surface area (Å²) in [6.07, 6.45) is 0.523. The number of aliphatic hydroxyl groups is 2. The molecule has 6 N–H and O–H groups in total. The smallest absolute Gasteiger partial charge is 0.255 e. The summed E-state index contributed by atoms with van der Waals surface area (Å²) in [5.74, 6) is -6.12. The van der Waals surface area contributed by atoms with Crippen molar-refractivity contribution in [2.75, 3.05) is 19.0 Å². The molecule has 1 aromatic rings. The Labute approximate surface area is 214 Å². The standard InChI is InChI=1S/C25H31N3O8S/c1-10(2)37(35,36)27-9-13-7-15(28(3)4)14-6-11-5-12-8-16(29)20(25(26)34)24(33)18(12)22(31)17(11)23(32)19(14)21(13)30/h7,10-12,18,27,29-31H,5-6,8-9H2,1-4H3,(H2,26,34). The molecule has 0 saturated carbocycles. The highest BCUT2D eigenvalue weighted by Crippen LogP contribution is 2.51. The molecule has 0 aliphatic heterocycles. The van der Waals surface area contributed by atoms with Gasteiger partial charge in [-0.05, 0) is 50.2 Å². The zero-order chi connectivity index (χ0) is 27.6. The quantitative estimate of drug-likeness (QED) is 0.336. The van der Waals surface area contributed by atoms with Crippen LogP contribution in [0.15, 0.2) is 28.7 Å². The number of hydrogen-bond acceptors (Lipinski definition) is 9. The zero-order valence-electron chi connectivity index (χ0n) is 21.0. The number of nitrogens with two attached hydrogens (primary N) is 1. The van der Waals surface area contributed by atoms with E-state index in [0.29, 0.717) is 17.7 Å². The summed E-state index contributed by atoms with van der Waals surface area (Å²) in [6.45, 7) is 2.78. The fourth-order valence-electron chi connectivity index (χ4n) is 5.62. The number of nitrogens with one attached hydrogen (secondary N) is 1. The van der Waals surface area contributed by atoms with Crippen LogP contribution in [0.2, 0.25) is 0 Å². The van der Waals surface area contributed by atoms with E-state index in [1.165, 1.54) is 13.8 Å². The van der Waals surface area contributed by atoms with E-state index in [9.17, 15) is 38.1 Å². The Balaban J connectivity index is 1.83. The minimum atomic E-state index is -3.65. The molecule has 37 heavy (non-hydrogen) atoms. The molecule has 0 saturated heterocycles. The molecule has 1 aromatic carbocycles. The molecule has 3 aliphatic rings. The van der Waals surface area contributed by atoms with Gasteiger partial charge in [-0.2, -0.15) is 0 Å². The normalized spacial score (nSPS) is 23.6. The monoisotopic (exact) mass is 533 g/mol. The fraction of sp³-hybridized carbons (Fsp3) is 0.480. The highest BCUT2D eigenvalue weighted by atomic mass is 32.2. The number of allylic oxidation sites excluding steroid dienone is 3. The Morgan fingerprint density at radius 3 is 2.41 bits per heavy atom. The second-order valence-corrected chi connectivity index (χ2v) is 12.6. The molecule has 0 aromatic heterocycles. The van der Waals surface area contributed by atoms with Gasteiger partial charge in [-0.1, -0.05) is 0 Å². The van der Waals surface area contributed by atoms with Crippen molar-refractivity contribution >= 4 is 33.2 Å². The van der Waals surface area contributed by atoms with Crippen molar-refractivity contribution < 1.29 is 38.1 Å². The van der Waals surface area contributed by atoms with Gasteiger partial charge in [-0.3, -0.25) is 14.4 Å². The predicted molar refractivity (Wildman–Crippen MR) is 135 cm³/mol. The van der Waals surface area contributed by atoms with Crippen molar-refractivity contribution in [2.24, 2.45) is 23.5 Å². The number of phenolic OH excluding ortho intramolecular Hbond substituents is 1. The van der Waals surface area contributed by atoms with Crippen molar-refractivity contribution in [1.82, 2.24) is 4.72 Å². The van der Waals surface area contributed by atoms with Crippen LogP contribution in [-0.4, -0.2) is 60.6 Å². The largest absolute Gasteiger partial charge is 0.511 e. The number of nitrogens with zero attached hydrogens (tertiary/aromatic N) is 1. The van der Waals surface area contributed by atoms with Gasteiger partial charge in [0.05, 0.1) is 16.7 Å². The highest BCUT2D eigenvalue weighted by Gasteiger charge is 2.50. The second kappa shape index (κ2) is 9.18. The maximum Gasteiger partial charge on any atom is 0.255 e. The first-order valence-electron chi connectivity index (χ1n) is 11.9. The number of fused-ring (bicyclic) bond motifs is 3. The van der Waals surface area contributed by atoms with E-state index in [1.54, 1.807) is 25.1 Å². The van der Waals surface area contributed by atoms with Crippen LogP contribution >= 0.6 is 0 Å². The summed E-state index contributed by atoms with van der Waals surface area (Å²) in [4.78, 5) is 40.3. The van der Waals surface area contributed by atoms with Crippen LogP contribution in [0, 0.1) is 17.8 Å². The topological polar surface area (TPSA) is 187 Å². The van der Waals surface area contributed by atoms with Gasteiger partial charge in [-0.15, -0.1) is 0 Å². The van der Waals surface area contributed by atoms with Gasteiger partial charge in [0.1, 0.15) is 22.8 Å². The molecule has 1 amide bonds. The van der Waals surface area contributed by atoms with Crippen molar-refractivity contribution in [3.8, 4) is 5.75 Å². The molecule has 0 fully saturated rings. The van der Waals surface area contributed by atoms with Crippen LogP contribution in [0.1, 0.15) is 48.2 Å². The Kier molecular flexibility index (Phi) is 6.62. The van der Waals surface area contributed by atoms with Gasteiger partial charge in [0.2, 0.25) is 10.0 Å². The molecule has 0 spiro atoms. The maximum atomic E-state index is 13.8. The number of aliphatic hydroxyl groups excluding tert-OH is 2. The first kappa shape index (κ1) is 26.7. The van der Waals surface area contributed by atoms with Crippen LogP contribution in [0.4, 0.5) is 5.69 Å². The Hall–Kier alpha value is -3.38. The molecule has 4 rings (SSSR count). The van der Waals surface area contributed by atoms with E-state index < -0.39 is 73.3 Å². The molecule has 12 heteroatoms. The number of carbonyl (C=O) groups excluding carboxylic acids is 3. The third kappa shape index (κ3) is 4.27. The van der Waals surface area contributed by atoms with Gasteiger partial charge in [0, 0.05) is 43.9 Å². The predicted octanol–water partition coefficient (Wildman–Crippen LogP) is 1.36. The summed E-state index contributed by atoms with van der Waals surface area (Å²) < 4.78 is 27.0. The number of hydrogen-bond donors (Lipinski definition) is 5. The van der Waals surface area contributed by atoms with E-state index in [-0.39, 0.29) is 36.1 Å². The number of amides is 1. The molecule has 0 heterocycles. The number of Topliss-reactive ketones (excluding diaryl/α,β-unsaturated/α-hetero) is 2. The Morgan fingerprint density at radius 2 is 1.84 bits per heavy atom. The summed E-state index contributed by atoms with van der Waals surface area (Å²) in [6, 6.07) is 1.63. The molecule has 3 atom stereocenters. The number of sulfonamides is 1. The first-order valence-corrected chi connectivity index (χ1v) is 13.5. The lowest BCUT2D eigenvalue weighted by atomic mass is 9.62. The molecular formula is C25H31N3O8S. The second-order valence-electron chi connectivity index (χ2n) is 10.3. The summed E-state index contributed by atoms with van der Waals surface area (Å²) in [5, 5.41) is 31.8. The number of rotatable bonds is 6. The SMILES string of the molecule is CC(C)S(=O)(=O)NCc1cc(N(C)C)c2c(c1O)C(=O)C1=C(O)C3C(=O)C(C(N)=O)=C(O)CC3CC1C2. The maximum absolute atomic E-state index is 13.8. The highest BCUT2D eigenvalue weighted by molar-refractivity contribution is 7.90. The number of carbonyl (C=O) groups is 3. The summed E-state index contributed by atoms with van der Waals surface area (Å²) in [7, 11) is -0.140. The van der Waals surface area contributed by atoms with E-state index in [1.807, 2.05) is 0 Å².